The van der Waals surface area contributed by atoms with Gasteiger partial charge in [-0.2, -0.15) is 0 Å². The number of nitrogens with zero attached hydrogens (tertiary/aromatic N) is 6. The molecule has 0 unspecified atom stereocenters. The fourth-order valence-electron chi connectivity index (χ4n) is 1.12. The predicted octanol–water partition coefficient (Wildman–Crippen LogP) is -0.121. The first kappa shape index (κ1) is 10.6. The quantitative estimate of drug-likeness (QED) is 0.666. The minimum atomic E-state index is -0.692. The summed E-state index contributed by atoms with van der Waals surface area (Å²) in [6.45, 7) is 0. The van der Waals surface area contributed by atoms with Crippen LogP contribution in [0.4, 0.5) is 0 Å². The molecule has 0 N–H and O–H groups in total. The molecular formula is C8H10N6O2. The van der Waals surface area contributed by atoms with Gasteiger partial charge in [-0.05, 0) is 11.3 Å². The fourth-order valence-corrected chi connectivity index (χ4v) is 1.12. The molecule has 0 atom stereocenters. The third-order valence-electron chi connectivity index (χ3n) is 1.83. The number of hydrogen-bond acceptors (Lipinski definition) is 7. The monoisotopic (exact) mass is 222 g/mol. The van der Waals surface area contributed by atoms with Gasteiger partial charge < -0.3 is 9.47 Å². The van der Waals surface area contributed by atoms with Crippen molar-refractivity contribution in [1.29, 1.82) is 0 Å². The zero-order valence-electron chi connectivity index (χ0n) is 8.81. The summed E-state index contributed by atoms with van der Waals surface area (Å²) < 4.78 is 9.96. The Labute approximate surface area is 91.2 Å². The molecule has 2 aromatic heterocycles. The maximum Gasteiger partial charge on any atom is 0.278 e. The first-order valence-corrected chi connectivity index (χ1v) is 4.46. The molecule has 2 aromatic rings. The Balaban J connectivity index is 2.26. The van der Waals surface area contributed by atoms with Crippen LogP contribution in [0.1, 0.15) is 6.41 Å². The number of ether oxygens (including phenoxy) is 2. The molecule has 8 nitrogen and oxygen atoms in total. The lowest BCUT2D eigenvalue weighted by atomic mass is 10.4. The molecule has 0 aliphatic carbocycles. The third-order valence-corrected chi connectivity index (χ3v) is 1.83. The lowest BCUT2D eigenvalue weighted by Gasteiger charge is -2.09. The molecule has 0 amide bonds. The van der Waals surface area contributed by atoms with Crippen molar-refractivity contribution in [3.63, 3.8) is 0 Å². The first-order chi connectivity index (χ1) is 7.85. The van der Waals surface area contributed by atoms with Crippen LogP contribution < -0.4 is 0 Å². The van der Waals surface area contributed by atoms with E-state index in [1.165, 1.54) is 25.3 Å². The molecule has 0 saturated heterocycles. The van der Waals surface area contributed by atoms with Gasteiger partial charge in [0.2, 0.25) is 5.82 Å². The molecule has 0 spiro atoms. The molecule has 0 radical (unpaired) electrons. The van der Waals surface area contributed by atoms with Crippen LogP contribution in [0.5, 0.6) is 0 Å². The molecule has 8 heteroatoms. The Morgan fingerprint density at radius 2 is 2.12 bits per heavy atom. The van der Waals surface area contributed by atoms with Crippen molar-refractivity contribution in [1.82, 2.24) is 30.2 Å². The largest absolute Gasteiger partial charge is 0.336 e. The highest BCUT2D eigenvalue weighted by Crippen LogP contribution is 2.10. The SMILES string of the molecule is COC(OC)n1nnc(-c2ccncn2)n1. The standard InChI is InChI=1S/C8H10N6O2/c1-15-8(16-2)14-12-7(11-13-14)6-3-4-9-5-10-6/h3-5,8H,1-2H3. The van der Waals surface area contributed by atoms with Crippen LogP contribution in [0.2, 0.25) is 0 Å². The van der Waals surface area contributed by atoms with E-state index in [0.717, 1.165) is 0 Å². The van der Waals surface area contributed by atoms with Gasteiger partial charge in [0.05, 0.1) is 0 Å². The molecule has 0 bridgehead atoms. The molecule has 0 aliphatic rings. The topological polar surface area (TPSA) is 87.8 Å². The Bertz CT molecular complexity index is 441. The van der Waals surface area contributed by atoms with Crippen LogP contribution >= 0.6 is 0 Å². The van der Waals surface area contributed by atoms with Gasteiger partial charge in [-0.15, -0.1) is 15.0 Å². The van der Waals surface area contributed by atoms with Gasteiger partial charge >= 0.3 is 0 Å². The fraction of sp³-hybridized carbons (Fsp3) is 0.375. The first-order valence-electron chi connectivity index (χ1n) is 4.46. The van der Waals surface area contributed by atoms with Gasteiger partial charge in [0.15, 0.2) is 0 Å². The van der Waals surface area contributed by atoms with E-state index in [2.05, 4.69) is 25.4 Å². The normalized spacial score (nSPS) is 10.9. The highest BCUT2D eigenvalue weighted by atomic mass is 16.7. The van der Waals surface area contributed by atoms with E-state index in [9.17, 15) is 0 Å². The number of rotatable bonds is 4. The number of tetrazole rings is 1. The second-order valence-corrected chi connectivity index (χ2v) is 2.81. The minimum absolute atomic E-state index is 0.390. The lowest BCUT2D eigenvalue weighted by Crippen LogP contribution is -2.16. The van der Waals surface area contributed by atoms with Crippen LogP contribution in [-0.2, 0) is 9.47 Å². The zero-order chi connectivity index (χ0) is 11.4. The molecule has 84 valence electrons. The van der Waals surface area contributed by atoms with Gasteiger partial charge in [-0.3, -0.25) is 0 Å². The molecule has 0 aromatic carbocycles. The molecule has 0 saturated carbocycles. The van der Waals surface area contributed by atoms with Gasteiger partial charge in [0.25, 0.3) is 6.41 Å². The molecule has 2 heterocycles. The van der Waals surface area contributed by atoms with Crippen molar-refractivity contribution in [2.45, 2.75) is 6.41 Å². The van der Waals surface area contributed by atoms with Crippen LogP contribution in [0.3, 0.4) is 0 Å². The van der Waals surface area contributed by atoms with Crippen molar-refractivity contribution < 1.29 is 9.47 Å². The van der Waals surface area contributed by atoms with Crippen molar-refractivity contribution in [3.05, 3.63) is 18.6 Å². The minimum Gasteiger partial charge on any atom is -0.336 e. The number of aromatic nitrogens is 6. The summed E-state index contributed by atoms with van der Waals surface area (Å²) >= 11 is 0. The summed E-state index contributed by atoms with van der Waals surface area (Å²) in [4.78, 5) is 9.02. The Morgan fingerprint density at radius 1 is 1.31 bits per heavy atom. The predicted molar refractivity (Wildman–Crippen MR) is 51.9 cm³/mol. The number of hydrogen-bond donors (Lipinski definition) is 0. The highest BCUT2D eigenvalue weighted by molar-refractivity contribution is 5.45. The Morgan fingerprint density at radius 3 is 2.75 bits per heavy atom. The van der Waals surface area contributed by atoms with E-state index in [4.69, 9.17) is 9.47 Å². The summed E-state index contributed by atoms with van der Waals surface area (Å²) in [5.74, 6) is 0.390. The van der Waals surface area contributed by atoms with Gasteiger partial charge in [-0.1, -0.05) is 0 Å². The molecule has 0 fully saturated rings. The maximum absolute atomic E-state index is 4.98. The Hall–Kier alpha value is -1.93. The van der Waals surface area contributed by atoms with Crippen molar-refractivity contribution >= 4 is 0 Å². The van der Waals surface area contributed by atoms with Crippen LogP contribution in [0.15, 0.2) is 18.6 Å². The lowest BCUT2D eigenvalue weighted by molar-refractivity contribution is -0.171. The molecule has 2 rings (SSSR count). The van der Waals surface area contributed by atoms with Crippen molar-refractivity contribution in [3.8, 4) is 11.5 Å². The average molecular weight is 222 g/mol. The summed E-state index contributed by atoms with van der Waals surface area (Å²) in [6.07, 6.45) is 2.33. The molecular weight excluding hydrogens is 212 g/mol. The maximum atomic E-state index is 4.98. The Kier molecular flexibility index (Phi) is 3.13. The van der Waals surface area contributed by atoms with E-state index < -0.39 is 6.41 Å². The molecule has 0 aliphatic heterocycles. The van der Waals surface area contributed by atoms with Gasteiger partial charge in [0.1, 0.15) is 12.0 Å². The second-order valence-electron chi connectivity index (χ2n) is 2.81. The summed E-state index contributed by atoms with van der Waals surface area (Å²) in [5, 5.41) is 11.7. The second kappa shape index (κ2) is 4.73. The summed E-state index contributed by atoms with van der Waals surface area (Å²) in [7, 11) is 2.98. The smallest absolute Gasteiger partial charge is 0.278 e. The van der Waals surface area contributed by atoms with Gasteiger partial charge in [0, 0.05) is 20.4 Å². The van der Waals surface area contributed by atoms with E-state index in [1.54, 1.807) is 12.3 Å². The van der Waals surface area contributed by atoms with E-state index >= 15 is 0 Å². The van der Waals surface area contributed by atoms with Crippen LogP contribution in [-0.4, -0.2) is 44.4 Å². The van der Waals surface area contributed by atoms with E-state index in [0.29, 0.717) is 11.5 Å². The van der Waals surface area contributed by atoms with E-state index in [-0.39, 0.29) is 0 Å². The third kappa shape index (κ3) is 2.02. The summed E-state index contributed by atoms with van der Waals surface area (Å²) in [5.41, 5.74) is 0.590. The van der Waals surface area contributed by atoms with Crippen LogP contribution in [0.25, 0.3) is 11.5 Å². The van der Waals surface area contributed by atoms with Crippen LogP contribution in [0, 0.1) is 0 Å². The van der Waals surface area contributed by atoms with Gasteiger partial charge in [-0.25, -0.2) is 9.97 Å². The van der Waals surface area contributed by atoms with Crippen molar-refractivity contribution in [2.24, 2.45) is 0 Å². The number of methoxy groups -OCH3 is 2. The average Bonchev–Trinajstić information content (AvgIpc) is 2.81. The molecule has 16 heavy (non-hydrogen) atoms. The van der Waals surface area contributed by atoms with E-state index in [1.807, 2.05) is 0 Å². The summed E-state index contributed by atoms with van der Waals surface area (Å²) in [6, 6.07) is 1.69. The zero-order valence-corrected chi connectivity index (χ0v) is 8.81. The highest BCUT2D eigenvalue weighted by Gasteiger charge is 2.13. The van der Waals surface area contributed by atoms with Crippen molar-refractivity contribution in [2.75, 3.05) is 14.2 Å².